The van der Waals surface area contributed by atoms with Crippen LogP contribution in [0.3, 0.4) is 0 Å². The molecule has 1 aromatic heterocycles. The molecular weight excluding hydrogens is 743 g/mol. The Morgan fingerprint density at radius 3 is 1.75 bits per heavy atom. The van der Waals surface area contributed by atoms with Crippen molar-refractivity contribution in [2.24, 2.45) is 0 Å². The largest absolute Gasteiger partial charge is 0.449 e. The minimum Gasteiger partial charge on any atom is -0.449 e. The zero-order chi connectivity index (χ0) is 37.8. The number of carbonyl (C=O) groups is 2. The van der Waals surface area contributed by atoms with Crippen LogP contribution in [0.15, 0.2) is 152 Å². The van der Waals surface area contributed by atoms with Gasteiger partial charge in [0.15, 0.2) is 0 Å². The summed E-state index contributed by atoms with van der Waals surface area (Å²) in [5.41, 5.74) is 4.35. The average molecular weight is 777 g/mol. The van der Waals surface area contributed by atoms with Gasteiger partial charge < -0.3 is 14.8 Å². The van der Waals surface area contributed by atoms with Crippen LogP contribution in [0.2, 0.25) is 10.2 Å². The van der Waals surface area contributed by atoms with E-state index in [1.165, 1.54) is 29.2 Å². The lowest BCUT2D eigenvalue weighted by Gasteiger charge is -2.22. The highest BCUT2D eigenvalue weighted by Crippen LogP contribution is 2.23. The molecule has 0 atom stereocenters. The second-order valence-corrected chi connectivity index (χ2v) is 12.2. The van der Waals surface area contributed by atoms with Gasteiger partial charge in [-0.3, -0.25) is 4.90 Å². The maximum Gasteiger partial charge on any atom is 0.414 e. The van der Waals surface area contributed by atoms with Gasteiger partial charge in [-0.25, -0.2) is 23.4 Å². The molecule has 53 heavy (non-hydrogen) atoms. The lowest BCUT2D eigenvalue weighted by atomic mass is 10.2. The van der Waals surface area contributed by atoms with Crippen LogP contribution in [-0.4, -0.2) is 16.5 Å². The van der Waals surface area contributed by atoms with Gasteiger partial charge in [0.25, 0.3) is 0 Å². The van der Waals surface area contributed by atoms with E-state index < -0.39 is 11.5 Å². The number of carbonyl (C=O) groups excluding carboxylic acids is 2. The normalized spacial score (nSPS) is 10.1. The summed E-state index contributed by atoms with van der Waals surface area (Å²) in [5, 5.41) is 4.14. The van der Waals surface area contributed by atoms with Gasteiger partial charge >= 0.3 is 11.5 Å². The van der Waals surface area contributed by atoms with Crippen molar-refractivity contribution in [2.45, 2.75) is 26.3 Å². The van der Waals surface area contributed by atoms with E-state index in [2.05, 4.69) is 15.0 Å². The summed E-state index contributed by atoms with van der Waals surface area (Å²) >= 11 is 16.8. The molecule has 0 unspecified atom stereocenters. The van der Waals surface area contributed by atoms with Crippen molar-refractivity contribution in [3.63, 3.8) is 0 Å². The molecule has 5 aromatic carbocycles. The Morgan fingerprint density at radius 2 is 1.21 bits per heavy atom. The van der Waals surface area contributed by atoms with Crippen molar-refractivity contribution >= 4 is 57.7 Å². The smallest absolute Gasteiger partial charge is 0.414 e. The number of ether oxygens (including phenoxy) is 2. The van der Waals surface area contributed by atoms with Gasteiger partial charge in [-0.2, -0.15) is 0 Å². The van der Waals surface area contributed by atoms with Crippen LogP contribution >= 0.6 is 34.8 Å². The molecule has 0 radical (unpaired) electrons. The fraction of sp³-hybridized carbons (Fsp3) is 0.0976. The molecule has 1 amide bonds. The van der Waals surface area contributed by atoms with Gasteiger partial charge in [0.1, 0.15) is 30.0 Å². The molecule has 7 nitrogen and oxygen atoms in total. The zero-order valence-electron chi connectivity index (χ0n) is 28.2. The zero-order valence-corrected chi connectivity index (χ0v) is 30.4. The first-order valence-electron chi connectivity index (χ1n) is 16.1. The van der Waals surface area contributed by atoms with Gasteiger partial charge in [-0.1, -0.05) is 114 Å². The number of pyridine rings is 1. The number of nitrogens with zero attached hydrogens (tertiary/aromatic N) is 2. The van der Waals surface area contributed by atoms with Gasteiger partial charge in [0.2, 0.25) is 0 Å². The molecule has 0 saturated carbocycles. The summed E-state index contributed by atoms with van der Waals surface area (Å²) in [4.78, 5) is 28.2. The van der Waals surface area contributed by atoms with Gasteiger partial charge in [0, 0.05) is 40.7 Å². The average Bonchev–Trinajstić information content (AvgIpc) is 3.17. The number of hydrogen-bond donors (Lipinski definition) is 1. The van der Waals surface area contributed by atoms with Crippen LogP contribution in [-0.2, 0) is 35.8 Å². The van der Waals surface area contributed by atoms with Gasteiger partial charge in [-0.05, 0) is 76.9 Å². The number of benzene rings is 5. The quantitative estimate of drug-likeness (QED) is 0.110. The maximum absolute atomic E-state index is 13.1. The second-order valence-electron chi connectivity index (χ2n) is 11.1. The van der Waals surface area contributed by atoms with Gasteiger partial charge in [-0.15, -0.1) is 0 Å². The molecule has 6 rings (SSSR count). The molecule has 272 valence electrons. The van der Waals surface area contributed by atoms with Crippen LogP contribution in [0.1, 0.15) is 22.3 Å². The third kappa shape index (κ3) is 15.3. The SMILES string of the molecule is Fc1ccc(CNc2ccnc(Cl)c2)cc1.O=C(Cl)OCc1ccccc1.O=C(OCc1ccccc1)N(Cc1ccc(F)cc1)c1cccc(Cl)c1. The van der Waals surface area contributed by atoms with Crippen LogP contribution in [0.5, 0.6) is 0 Å². The summed E-state index contributed by atoms with van der Waals surface area (Å²) in [5.74, 6) is -0.551. The fourth-order valence-electron chi connectivity index (χ4n) is 4.51. The van der Waals surface area contributed by atoms with Crippen molar-refractivity contribution in [3.8, 4) is 0 Å². The molecular formula is C41H34Cl3F2N3O4. The molecule has 0 fully saturated rings. The highest BCUT2D eigenvalue weighted by Gasteiger charge is 2.18. The first-order chi connectivity index (χ1) is 25.6. The summed E-state index contributed by atoms with van der Waals surface area (Å²) in [6.07, 6.45) is 1.13. The monoisotopic (exact) mass is 775 g/mol. The molecule has 0 spiro atoms. The van der Waals surface area contributed by atoms with Crippen LogP contribution < -0.4 is 10.2 Å². The maximum atomic E-state index is 13.1. The summed E-state index contributed by atoms with van der Waals surface area (Å²) in [7, 11) is 0. The topological polar surface area (TPSA) is 80.8 Å². The predicted molar refractivity (Wildman–Crippen MR) is 206 cm³/mol. The number of hydrogen-bond acceptors (Lipinski definition) is 6. The Bertz CT molecular complexity index is 2010. The van der Waals surface area contributed by atoms with Crippen LogP contribution in [0.25, 0.3) is 0 Å². The number of halogens is 5. The first kappa shape index (κ1) is 40.3. The van der Waals surface area contributed by atoms with Crippen molar-refractivity contribution in [2.75, 3.05) is 10.2 Å². The lowest BCUT2D eigenvalue weighted by Crippen LogP contribution is -2.31. The van der Waals surface area contributed by atoms with E-state index in [0.29, 0.717) is 22.4 Å². The molecule has 0 bridgehead atoms. The summed E-state index contributed by atoms with van der Waals surface area (Å²) in [6.45, 7) is 1.28. The Hall–Kier alpha value is -5.48. The molecule has 0 aliphatic rings. The molecule has 1 N–H and O–H groups in total. The molecule has 0 saturated heterocycles. The van der Waals surface area contributed by atoms with Crippen molar-refractivity contribution < 1.29 is 27.8 Å². The van der Waals surface area contributed by atoms with E-state index in [1.807, 2.05) is 66.7 Å². The minimum atomic E-state index is -0.770. The Balaban J connectivity index is 0.000000197. The molecule has 6 aromatic rings. The van der Waals surface area contributed by atoms with Gasteiger partial charge in [0.05, 0.1) is 6.54 Å². The number of nitrogens with one attached hydrogen (secondary N) is 1. The number of rotatable bonds is 10. The molecule has 0 aliphatic heterocycles. The highest BCUT2D eigenvalue weighted by molar-refractivity contribution is 6.61. The Kier molecular flexibility index (Phi) is 16.6. The predicted octanol–water partition coefficient (Wildman–Crippen LogP) is 11.9. The van der Waals surface area contributed by atoms with E-state index in [4.69, 9.17) is 39.5 Å². The second kappa shape index (κ2) is 21.8. The van der Waals surface area contributed by atoms with Crippen molar-refractivity contribution in [1.29, 1.82) is 0 Å². The third-order valence-electron chi connectivity index (χ3n) is 7.13. The van der Waals surface area contributed by atoms with E-state index >= 15 is 0 Å². The fourth-order valence-corrected chi connectivity index (χ4v) is 4.92. The minimum absolute atomic E-state index is 0.167. The van der Waals surface area contributed by atoms with E-state index in [9.17, 15) is 18.4 Å². The van der Waals surface area contributed by atoms with E-state index in [-0.39, 0.29) is 31.4 Å². The first-order valence-corrected chi connectivity index (χ1v) is 17.2. The molecule has 12 heteroatoms. The van der Waals surface area contributed by atoms with E-state index in [0.717, 1.165) is 27.9 Å². The number of anilines is 2. The van der Waals surface area contributed by atoms with Crippen LogP contribution in [0.4, 0.5) is 29.7 Å². The molecule has 0 aliphatic carbocycles. The van der Waals surface area contributed by atoms with E-state index in [1.54, 1.807) is 60.8 Å². The lowest BCUT2D eigenvalue weighted by molar-refractivity contribution is 0.146. The standard InChI is InChI=1S/C21H17ClFNO2.C12H10ClFN2.C8H7ClO2/c22-18-7-4-8-20(13-18)24(14-16-9-11-19(23)12-10-16)21(25)26-15-17-5-2-1-3-6-17;13-12-7-11(5-6-15-12)16-8-9-1-3-10(14)4-2-9;9-8(10)11-6-7-4-2-1-3-5-7/h1-13H,14-15H2;1-7H,8H2,(H,15,16);1-5H,6H2. The Labute approximate surface area is 321 Å². The number of aromatic nitrogens is 1. The molecule has 1 heterocycles. The highest BCUT2D eigenvalue weighted by atomic mass is 35.5. The summed E-state index contributed by atoms with van der Waals surface area (Å²) < 4.78 is 35.8. The third-order valence-corrected chi connectivity index (χ3v) is 7.68. The van der Waals surface area contributed by atoms with Crippen molar-refractivity contribution in [1.82, 2.24) is 4.98 Å². The number of amides is 1. The van der Waals surface area contributed by atoms with Crippen LogP contribution in [0, 0.1) is 11.6 Å². The Morgan fingerprint density at radius 1 is 0.642 bits per heavy atom. The van der Waals surface area contributed by atoms with Crippen molar-refractivity contribution in [3.05, 3.63) is 196 Å². The summed E-state index contributed by atoms with van der Waals surface area (Å²) in [6, 6.07) is 41.7.